The Morgan fingerprint density at radius 3 is 2.75 bits per heavy atom. The van der Waals surface area contributed by atoms with E-state index in [4.69, 9.17) is 0 Å². The lowest BCUT2D eigenvalue weighted by Gasteiger charge is -2.22. The number of fused-ring (bicyclic) bond motifs is 1. The van der Waals surface area contributed by atoms with Crippen LogP contribution in [-0.4, -0.2) is 82.7 Å². The summed E-state index contributed by atoms with van der Waals surface area (Å²) in [4.78, 5) is 34.5. The number of carbonyl (C=O) groups is 2. The minimum atomic E-state index is -0.0421. The van der Waals surface area contributed by atoms with E-state index in [9.17, 15) is 9.59 Å². The summed E-state index contributed by atoms with van der Waals surface area (Å²) in [7, 11) is 3.53. The lowest BCUT2D eigenvalue weighted by Crippen LogP contribution is -2.39. The second kappa shape index (κ2) is 7.00. The van der Waals surface area contributed by atoms with Gasteiger partial charge in [0.05, 0.1) is 6.54 Å². The Kier molecular flexibility index (Phi) is 4.80. The fourth-order valence-electron chi connectivity index (χ4n) is 2.86. The van der Waals surface area contributed by atoms with Gasteiger partial charge in [0.2, 0.25) is 5.91 Å². The Balaban J connectivity index is 1.65. The van der Waals surface area contributed by atoms with Crippen LogP contribution >= 0.6 is 0 Å². The number of likely N-dealkylation sites (N-methyl/N-ethyl adjacent to an activating group) is 1. The van der Waals surface area contributed by atoms with Crippen LogP contribution in [-0.2, 0) is 4.79 Å². The molecule has 1 aliphatic heterocycles. The van der Waals surface area contributed by atoms with E-state index in [-0.39, 0.29) is 11.8 Å². The summed E-state index contributed by atoms with van der Waals surface area (Å²) in [5.41, 5.74) is 1.24. The van der Waals surface area contributed by atoms with Crippen LogP contribution in [0, 0.1) is 0 Å². The summed E-state index contributed by atoms with van der Waals surface area (Å²) in [5, 5.41) is 0. The molecular weight excluding hydrogens is 306 g/mol. The summed E-state index contributed by atoms with van der Waals surface area (Å²) in [6, 6.07) is 5.70. The number of aromatic nitrogens is 2. The van der Waals surface area contributed by atoms with Crippen LogP contribution in [0.3, 0.4) is 0 Å². The highest BCUT2D eigenvalue weighted by Crippen LogP contribution is 2.10. The van der Waals surface area contributed by atoms with Gasteiger partial charge in [-0.2, -0.15) is 0 Å². The first-order valence-corrected chi connectivity index (χ1v) is 8.20. The van der Waals surface area contributed by atoms with E-state index in [1.54, 1.807) is 25.2 Å². The Morgan fingerprint density at radius 1 is 1.17 bits per heavy atom. The highest BCUT2D eigenvalue weighted by Gasteiger charge is 2.23. The van der Waals surface area contributed by atoms with Gasteiger partial charge in [-0.25, -0.2) is 4.98 Å². The third kappa shape index (κ3) is 3.56. The van der Waals surface area contributed by atoms with Crippen LogP contribution < -0.4 is 0 Å². The lowest BCUT2D eigenvalue weighted by molar-refractivity contribution is -0.129. The molecule has 7 heteroatoms. The molecule has 24 heavy (non-hydrogen) atoms. The lowest BCUT2D eigenvalue weighted by atomic mass is 10.3. The molecule has 3 rings (SSSR count). The van der Waals surface area contributed by atoms with Gasteiger partial charge in [0.15, 0.2) is 0 Å². The molecule has 0 unspecified atom stereocenters. The number of hydrogen-bond acceptors (Lipinski definition) is 4. The van der Waals surface area contributed by atoms with Crippen LogP contribution in [0.25, 0.3) is 5.65 Å². The number of imidazole rings is 1. The van der Waals surface area contributed by atoms with Crippen molar-refractivity contribution in [3.63, 3.8) is 0 Å². The monoisotopic (exact) mass is 329 g/mol. The quantitative estimate of drug-likeness (QED) is 0.826. The van der Waals surface area contributed by atoms with Crippen molar-refractivity contribution in [1.82, 2.24) is 24.1 Å². The first-order chi connectivity index (χ1) is 11.5. The van der Waals surface area contributed by atoms with Gasteiger partial charge in [-0.3, -0.25) is 14.5 Å². The summed E-state index contributed by atoms with van der Waals surface area (Å²) >= 11 is 0. The molecule has 2 aromatic heterocycles. The summed E-state index contributed by atoms with van der Waals surface area (Å²) in [5.74, 6) is 0.0506. The Hall–Kier alpha value is -2.41. The van der Waals surface area contributed by atoms with Crippen LogP contribution in [0.5, 0.6) is 0 Å². The van der Waals surface area contributed by atoms with Gasteiger partial charge < -0.3 is 14.2 Å². The topological polar surface area (TPSA) is 61.2 Å². The highest BCUT2D eigenvalue weighted by molar-refractivity contribution is 5.93. The van der Waals surface area contributed by atoms with Crippen LogP contribution in [0.15, 0.2) is 30.6 Å². The number of pyridine rings is 1. The largest absolute Gasteiger partial charge is 0.348 e. The molecule has 0 spiro atoms. The minimum absolute atomic E-state index is 0.0421. The van der Waals surface area contributed by atoms with E-state index in [1.807, 2.05) is 33.7 Å². The highest BCUT2D eigenvalue weighted by atomic mass is 16.2. The zero-order chi connectivity index (χ0) is 17.1. The molecule has 1 aliphatic rings. The molecular formula is C17H23N5O2. The molecule has 0 radical (unpaired) electrons. The average Bonchev–Trinajstić information content (AvgIpc) is 2.87. The zero-order valence-corrected chi connectivity index (χ0v) is 14.2. The standard InChI is InChI=1S/C17H23N5O2/c1-19(2)16(23)13-20-7-5-9-21(11-10-20)17(24)14-12-22-8-4-3-6-15(22)18-14/h3-4,6,8,12H,5,7,9-11,13H2,1-2H3. The number of carbonyl (C=O) groups excluding carboxylic acids is 2. The van der Waals surface area contributed by atoms with E-state index < -0.39 is 0 Å². The number of rotatable bonds is 3. The van der Waals surface area contributed by atoms with Gasteiger partial charge >= 0.3 is 0 Å². The maximum absolute atomic E-state index is 12.7. The molecule has 1 saturated heterocycles. The molecule has 0 aliphatic carbocycles. The second-order valence-corrected chi connectivity index (χ2v) is 6.30. The Bertz CT molecular complexity index is 706. The van der Waals surface area contributed by atoms with Crippen molar-refractivity contribution in [2.24, 2.45) is 0 Å². The summed E-state index contributed by atoms with van der Waals surface area (Å²) in [6.07, 6.45) is 4.52. The van der Waals surface area contributed by atoms with Crippen LogP contribution in [0.4, 0.5) is 0 Å². The zero-order valence-electron chi connectivity index (χ0n) is 14.2. The van der Waals surface area contributed by atoms with Gasteiger partial charge in [0.25, 0.3) is 5.91 Å². The average molecular weight is 329 g/mol. The smallest absolute Gasteiger partial charge is 0.274 e. The SMILES string of the molecule is CN(C)C(=O)CN1CCCN(C(=O)c2cn3ccccc3n2)CC1. The van der Waals surface area contributed by atoms with Gasteiger partial charge in [-0.15, -0.1) is 0 Å². The van der Waals surface area contributed by atoms with Crippen molar-refractivity contribution >= 4 is 17.5 Å². The molecule has 0 aromatic carbocycles. The van der Waals surface area contributed by atoms with Crippen LogP contribution in [0.1, 0.15) is 16.9 Å². The second-order valence-electron chi connectivity index (χ2n) is 6.30. The van der Waals surface area contributed by atoms with E-state index in [1.165, 1.54) is 0 Å². The first-order valence-electron chi connectivity index (χ1n) is 8.20. The van der Waals surface area contributed by atoms with E-state index >= 15 is 0 Å². The van der Waals surface area contributed by atoms with Crippen molar-refractivity contribution in [1.29, 1.82) is 0 Å². The first kappa shape index (κ1) is 16.4. The number of amides is 2. The van der Waals surface area contributed by atoms with Gasteiger partial charge in [0.1, 0.15) is 11.3 Å². The van der Waals surface area contributed by atoms with Crippen molar-refractivity contribution in [2.45, 2.75) is 6.42 Å². The predicted octanol–water partition coefficient (Wildman–Crippen LogP) is 0.570. The van der Waals surface area contributed by atoms with E-state index in [0.29, 0.717) is 31.9 Å². The fourth-order valence-corrected chi connectivity index (χ4v) is 2.86. The van der Waals surface area contributed by atoms with E-state index in [2.05, 4.69) is 9.88 Å². The van der Waals surface area contributed by atoms with Crippen molar-refractivity contribution in [2.75, 3.05) is 46.8 Å². The molecule has 128 valence electrons. The molecule has 0 bridgehead atoms. The van der Waals surface area contributed by atoms with Gasteiger partial charge in [-0.05, 0) is 18.6 Å². The Morgan fingerprint density at radius 2 is 2.00 bits per heavy atom. The molecule has 0 N–H and O–H groups in total. The summed E-state index contributed by atoms with van der Waals surface area (Å²) in [6.45, 7) is 3.25. The summed E-state index contributed by atoms with van der Waals surface area (Å²) < 4.78 is 1.85. The van der Waals surface area contributed by atoms with Crippen molar-refractivity contribution in [3.05, 3.63) is 36.3 Å². The van der Waals surface area contributed by atoms with E-state index in [0.717, 1.165) is 18.6 Å². The van der Waals surface area contributed by atoms with Crippen molar-refractivity contribution in [3.8, 4) is 0 Å². The fraction of sp³-hybridized carbons (Fsp3) is 0.471. The predicted molar refractivity (Wildman–Crippen MR) is 90.8 cm³/mol. The molecule has 0 saturated carbocycles. The number of hydrogen-bond donors (Lipinski definition) is 0. The molecule has 7 nitrogen and oxygen atoms in total. The van der Waals surface area contributed by atoms with Crippen LogP contribution in [0.2, 0.25) is 0 Å². The maximum atomic E-state index is 12.7. The molecule has 2 aromatic rings. The van der Waals surface area contributed by atoms with Gasteiger partial charge in [-0.1, -0.05) is 6.07 Å². The molecule has 1 fully saturated rings. The maximum Gasteiger partial charge on any atom is 0.274 e. The number of nitrogens with zero attached hydrogens (tertiary/aromatic N) is 5. The molecule has 0 atom stereocenters. The Labute approximate surface area is 141 Å². The molecule has 3 heterocycles. The van der Waals surface area contributed by atoms with Crippen molar-refractivity contribution < 1.29 is 9.59 Å². The third-order valence-electron chi connectivity index (χ3n) is 4.32. The van der Waals surface area contributed by atoms with Gasteiger partial charge in [0, 0.05) is 52.7 Å². The third-order valence-corrected chi connectivity index (χ3v) is 4.32. The minimum Gasteiger partial charge on any atom is -0.348 e. The normalized spacial score (nSPS) is 16.2. The molecule has 2 amide bonds.